The zero-order valence-electron chi connectivity index (χ0n) is 23.5. The van der Waals surface area contributed by atoms with E-state index >= 15 is 0 Å². The molecule has 0 N–H and O–H groups in total. The van der Waals surface area contributed by atoms with Gasteiger partial charge >= 0.3 is 5.97 Å². The number of thiazole rings is 1. The first-order valence-electron chi connectivity index (χ1n) is 13.8. The lowest BCUT2D eigenvalue weighted by molar-refractivity contribution is -0.139. The molecule has 7 nitrogen and oxygen atoms in total. The van der Waals surface area contributed by atoms with Gasteiger partial charge in [0.15, 0.2) is 4.80 Å². The SMILES string of the molecule is CCOC(=O)C1=C(C)N=c2s/c(=C/c3cc(C)n(-c4sc5c(c4C#N)CCCC5)c3C)c(=O)n2[C@@H]1c1ccccc1. The summed E-state index contributed by atoms with van der Waals surface area (Å²) in [7, 11) is 0. The number of aryl methyl sites for hydroxylation is 2. The lowest BCUT2D eigenvalue weighted by Crippen LogP contribution is -2.39. The molecular weight excluding hydrogens is 553 g/mol. The Morgan fingerprint density at radius 1 is 1.17 bits per heavy atom. The van der Waals surface area contributed by atoms with Gasteiger partial charge in [-0.1, -0.05) is 41.7 Å². The van der Waals surface area contributed by atoms with Gasteiger partial charge in [0.05, 0.1) is 34.0 Å². The summed E-state index contributed by atoms with van der Waals surface area (Å²) in [5, 5.41) is 11.0. The molecule has 0 unspecified atom stereocenters. The minimum absolute atomic E-state index is 0.203. The molecule has 1 atom stereocenters. The lowest BCUT2D eigenvalue weighted by atomic mass is 9.96. The van der Waals surface area contributed by atoms with Crippen LogP contribution in [-0.4, -0.2) is 21.7 Å². The highest BCUT2D eigenvalue weighted by Crippen LogP contribution is 2.38. The third-order valence-corrected chi connectivity index (χ3v) is 10.1. The number of nitrogens with zero attached hydrogens (tertiary/aromatic N) is 4. The maximum absolute atomic E-state index is 14.0. The van der Waals surface area contributed by atoms with Gasteiger partial charge in [0.1, 0.15) is 11.1 Å². The topological polar surface area (TPSA) is 89.4 Å². The van der Waals surface area contributed by atoms with Crippen molar-refractivity contribution in [2.75, 3.05) is 6.61 Å². The molecule has 0 radical (unpaired) electrons. The monoisotopic (exact) mass is 582 g/mol. The smallest absolute Gasteiger partial charge is 0.338 e. The summed E-state index contributed by atoms with van der Waals surface area (Å²) < 4.78 is 9.69. The van der Waals surface area contributed by atoms with Gasteiger partial charge in [-0.3, -0.25) is 9.36 Å². The summed E-state index contributed by atoms with van der Waals surface area (Å²) in [4.78, 5) is 33.6. The van der Waals surface area contributed by atoms with Gasteiger partial charge in [-0.05, 0) is 82.2 Å². The molecule has 1 aliphatic carbocycles. The lowest BCUT2D eigenvalue weighted by Gasteiger charge is -2.24. The number of carbonyl (C=O) groups excluding carboxylic acids is 1. The van der Waals surface area contributed by atoms with Gasteiger partial charge < -0.3 is 9.30 Å². The Kier molecular flexibility index (Phi) is 7.14. The molecule has 0 fully saturated rings. The van der Waals surface area contributed by atoms with Crippen LogP contribution in [-0.2, 0) is 22.4 Å². The van der Waals surface area contributed by atoms with Crippen molar-refractivity contribution >= 4 is 34.7 Å². The second-order valence-electron chi connectivity index (χ2n) is 10.4. The summed E-state index contributed by atoms with van der Waals surface area (Å²) in [6, 6.07) is 13.5. The van der Waals surface area contributed by atoms with Gasteiger partial charge in [0, 0.05) is 16.3 Å². The van der Waals surface area contributed by atoms with Crippen LogP contribution in [0.2, 0.25) is 0 Å². The second kappa shape index (κ2) is 10.8. The number of benzene rings is 1. The van der Waals surface area contributed by atoms with Crippen LogP contribution in [0.15, 0.2) is 57.5 Å². The van der Waals surface area contributed by atoms with Crippen LogP contribution in [0.5, 0.6) is 0 Å². The molecule has 6 rings (SSSR count). The van der Waals surface area contributed by atoms with Crippen molar-refractivity contribution in [1.82, 2.24) is 9.13 Å². The van der Waals surface area contributed by atoms with Crippen LogP contribution >= 0.6 is 22.7 Å². The third kappa shape index (κ3) is 4.52. The first-order valence-corrected chi connectivity index (χ1v) is 15.5. The zero-order valence-corrected chi connectivity index (χ0v) is 25.1. The number of hydrogen-bond acceptors (Lipinski definition) is 7. The summed E-state index contributed by atoms with van der Waals surface area (Å²) in [6.45, 7) is 7.86. The molecule has 2 aliphatic rings. The fraction of sp³-hybridized carbons (Fsp3) is 0.312. The number of ether oxygens (including phenoxy) is 1. The molecular formula is C32H30N4O3S2. The number of aromatic nitrogens is 2. The molecule has 0 saturated carbocycles. The van der Waals surface area contributed by atoms with E-state index in [1.165, 1.54) is 21.8 Å². The molecule has 0 saturated heterocycles. The van der Waals surface area contributed by atoms with Crippen molar-refractivity contribution in [3.8, 4) is 11.1 Å². The Balaban J connectivity index is 1.51. The molecule has 1 aliphatic heterocycles. The van der Waals surface area contributed by atoms with Gasteiger partial charge in [-0.25, -0.2) is 9.79 Å². The van der Waals surface area contributed by atoms with Crippen molar-refractivity contribution in [2.45, 2.75) is 59.4 Å². The highest BCUT2D eigenvalue weighted by molar-refractivity contribution is 7.15. The maximum atomic E-state index is 14.0. The van der Waals surface area contributed by atoms with Gasteiger partial charge in [0.2, 0.25) is 0 Å². The summed E-state index contributed by atoms with van der Waals surface area (Å²) in [5.74, 6) is -0.465. The van der Waals surface area contributed by atoms with Crippen molar-refractivity contribution in [3.63, 3.8) is 0 Å². The van der Waals surface area contributed by atoms with Crippen molar-refractivity contribution in [3.05, 3.63) is 106 Å². The molecule has 3 aromatic heterocycles. The van der Waals surface area contributed by atoms with Crippen LogP contribution < -0.4 is 14.9 Å². The predicted molar refractivity (Wildman–Crippen MR) is 161 cm³/mol. The number of esters is 1. The average molecular weight is 583 g/mol. The largest absolute Gasteiger partial charge is 0.463 e. The first kappa shape index (κ1) is 27.2. The maximum Gasteiger partial charge on any atom is 0.338 e. The van der Waals surface area contributed by atoms with E-state index in [1.54, 1.807) is 29.8 Å². The molecule has 9 heteroatoms. The van der Waals surface area contributed by atoms with E-state index in [2.05, 4.69) is 21.7 Å². The number of fused-ring (bicyclic) bond motifs is 2. The van der Waals surface area contributed by atoms with E-state index in [-0.39, 0.29) is 12.2 Å². The van der Waals surface area contributed by atoms with Crippen molar-refractivity contribution < 1.29 is 9.53 Å². The van der Waals surface area contributed by atoms with E-state index in [0.29, 0.717) is 20.6 Å². The Morgan fingerprint density at radius 2 is 1.93 bits per heavy atom. The van der Waals surface area contributed by atoms with E-state index < -0.39 is 12.0 Å². The zero-order chi connectivity index (χ0) is 28.8. The Labute approximate surface area is 246 Å². The molecule has 0 amide bonds. The Morgan fingerprint density at radius 3 is 2.66 bits per heavy atom. The van der Waals surface area contributed by atoms with Gasteiger partial charge in [0.25, 0.3) is 5.56 Å². The molecule has 41 heavy (non-hydrogen) atoms. The molecule has 4 aromatic rings. The van der Waals surface area contributed by atoms with Crippen LogP contribution in [0.25, 0.3) is 11.1 Å². The van der Waals surface area contributed by atoms with Gasteiger partial charge in [-0.2, -0.15) is 5.26 Å². The van der Waals surface area contributed by atoms with Crippen LogP contribution in [0.4, 0.5) is 0 Å². The predicted octanol–water partition coefficient (Wildman–Crippen LogP) is 5.02. The standard InChI is InChI=1S/C32H30N4O3S2/c1-5-39-31(38)27-19(3)34-32-36(28(27)21-11-7-6-8-12-21)29(37)26(41-32)16-22-15-18(2)35(20(22)4)30-24(17-33)23-13-9-10-14-25(23)40-30/h6-8,11-12,15-16,28H,5,9-10,13-14H2,1-4H3/b26-16+/t28-/m1/s1. The van der Waals surface area contributed by atoms with E-state index in [4.69, 9.17) is 4.74 Å². The van der Waals surface area contributed by atoms with Crippen LogP contribution in [0.1, 0.15) is 71.2 Å². The molecule has 208 valence electrons. The van der Waals surface area contributed by atoms with Crippen molar-refractivity contribution in [2.24, 2.45) is 4.99 Å². The minimum Gasteiger partial charge on any atom is -0.463 e. The Hall–Kier alpha value is -4.00. The van der Waals surface area contributed by atoms with E-state index in [9.17, 15) is 14.9 Å². The number of hydrogen-bond donors (Lipinski definition) is 0. The van der Waals surface area contributed by atoms with Crippen molar-refractivity contribution in [1.29, 1.82) is 5.26 Å². The van der Waals surface area contributed by atoms with E-state index in [1.807, 2.05) is 50.3 Å². The summed E-state index contributed by atoms with van der Waals surface area (Å²) in [6.07, 6.45) is 6.17. The fourth-order valence-corrected chi connectivity index (χ4v) is 8.44. The quantitative estimate of drug-likeness (QED) is 0.309. The number of allylic oxidation sites excluding steroid dienone is 1. The van der Waals surface area contributed by atoms with Crippen LogP contribution in [0.3, 0.4) is 0 Å². The summed E-state index contributed by atoms with van der Waals surface area (Å²) in [5.41, 5.74) is 6.44. The number of thiophene rings is 1. The van der Waals surface area contributed by atoms with E-state index in [0.717, 1.165) is 58.8 Å². The molecule has 1 aromatic carbocycles. The minimum atomic E-state index is -0.628. The molecule has 0 bridgehead atoms. The molecule has 0 spiro atoms. The fourth-order valence-electron chi connectivity index (χ4n) is 5.95. The summed E-state index contributed by atoms with van der Waals surface area (Å²) >= 11 is 3.04. The highest BCUT2D eigenvalue weighted by Gasteiger charge is 2.33. The number of rotatable bonds is 5. The van der Waals surface area contributed by atoms with Crippen LogP contribution in [0, 0.1) is 25.2 Å². The number of carbonyl (C=O) groups is 1. The van der Waals surface area contributed by atoms with Gasteiger partial charge in [-0.15, -0.1) is 11.3 Å². The normalized spacial score (nSPS) is 16.7. The number of nitriles is 1. The Bertz CT molecular complexity index is 1950. The highest BCUT2D eigenvalue weighted by atomic mass is 32.1. The first-order chi connectivity index (χ1) is 19.8. The molecule has 4 heterocycles. The second-order valence-corrected chi connectivity index (χ2v) is 12.5. The third-order valence-electron chi connectivity index (χ3n) is 7.86. The average Bonchev–Trinajstić information content (AvgIpc) is 3.58.